The predicted octanol–water partition coefficient (Wildman–Crippen LogP) is 2.21. The zero-order valence-corrected chi connectivity index (χ0v) is 12.5. The van der Waals surface area contributed by atoms with Gasteiger partial charge in [0.15, 0.2) is 16.5 Å². The van der Waals surface area contributed by atoms with E-state index in [1.165, 1.54) is 6.07 Å². The number of aromatic amines is 1. The second-order valence-electron chi connectivity index (χ2n) is 4.46. The van der Waals surface area contributed by atoms with E-state index >= 15 is 0 Å². The molecule has 0 aliphatic heterocycles. The minimum Gasteiger partial charge on any atom is -0.374 e. The number of H-pyrrole nitrogens is 1. The molecule has 0 aliphatic carbocycles. The molecule has 0 bridgehead atoms. The number of nitro benzene ring substituents is 1. The molecule has 1 aromatic heterocycles. The Hall–Kier alpha value is -2.88. The predicted molar refractivity (Wildman–Crippen MR) is 84.0 cm³/mol. The van der Waals surface area contributed by atoms with Crippen molar-refractivity contribution in [3.63, 3.8) is 0 Å². The van der Waals surface area contributed by atoms with E-state index in [-0.39, 0.29) is 22.2 Å². The molecule has 0 atom stereocenters. The van der Waals surface area contributed by atoms with Gasteiger partial charge in [-0.15, -0.1) is 10.2 Å². The first-order valence-electron chi connectivity index (χ1n) is 6.10. The molecule has 3 N–H and O–H groups in total. The van der Waals surface area contributed by atoms with E-state index in [0.717, 1.165) is 4.68 Å². The fourth-order valence-electron chi connectivity index (χ4n) is 1.83. The van der Waals surface area contributed by atoms with Crippen molar-refractivity contribution in [1.82, 2.24) is 9.78 Å². The lowest BCUT2D eigenvalue weighted by atomic mass is 10.2. The minimum atomic E-state index is -0.565. The van der Waals surface area contributed by atoms with Crippen LogP contribution in [-0.4, -0.2) is 19.8 Å². The third-order valence-corrected chi connectivity index (χ3v) is 3.11. The molecule has 0 aliphatic rings. The van der Waals surface area contributed by atoms with Crippen LogP contribution in [0.5, 0.6) is 0 Å². The summed E-state index contributed by atoms with van der Waals surface area (Å²) in [7, 11) is 0. The second-order valence-corrected chi connectivity index (χ2v) is 4.88. The van der Waals surface area contributed by atoms with E-state index in [1.807, 2.05) is 0 Å². The summed E-state index contributed by atoms with van der Waals surface area (Å²) >= 11 is 4.72. The van der Waals surface area contributed by atoms with Crippen molar-refractivity contribution < 1.29 is 4.92 Å². The highest BCUT2D eigenvalue weighted by atomic mass is 32.1. The first-order chi connectivity index (χ1) is 10.3. The van der Waals surface area contributed by atoms with E-state index in [2.05, 4.69) is 15.3 Å². The summed E-state index contributed by atoms with van der Waals surface area (Å²) in [6.07, 6.45) is 0. The number of aryl methyl sites for hydroxylation is 2. The Balaban J connectivity index is 2.53. The quantitative estimate of drug-likeness (QED) is 0.387. The third-order valence-electron chi connectivity index (χ3n) is 2.92. The van der Waals surface area contributed by atoms with Crippen LogP contribution in [0.4, 0.5) is 17.1 Å². The molecule has 2 rings (SSSR count). The van der Waals surface area contributed by atoms with Crippen LogP contribution in [0.3, 0.4) is 0 Å². The van der Waals surface area contributed by atoms with Gasteiger partial charge in [0.2, 0.25) is 0 Å². The molecule has 114 valence electrons. The average molecular weight is 320 g/mol. The van der Waals surface area contributed by atoms with E-state index in [1.54, 1.807) is 26.0 Å². The summed E-state index contributed by atoms with van der Waals surface area (Å²) in [5.41, 5.74) is 5.69. The van der Waals surface area contributed by atoms with Crippen LogP contribution >= 0.6 is 12.2 Å². The summed E-state index contributed by atoms with van der Waals surface area (Å²) in [4.78, 5) is 22.5. The molecular formula is C12H12N6O3S. The Morgan fingerprint density at radius 1 is 1.36 bits per heavy atom. The molecule has 0 radical (unpaired) electrons. The van der Waals surface area contributed by atoms with Crippen LogP contribution in [0.15, 0.2) is 33.2 Å². The van der Waals surface area contributed by atoms with Gasteiger partial charge in [-0.05, 0) is 31.6 Å². The van der Waals surface area contributed by atoms with Gasteiger partial charge in [-0.25, -0.2) is 0 Å². The Morgan fingerprint density at radius 2 is 2.00 bits per heavy atom. The second kappa shape index (κ2) is 5.85. The van der Waals surface area contributed by atoms with Gasteiger partial charge in [0.25, 0.3) is 5.69 Å². The number of rotatable bonds is 3. The van der Waals surface area contributed by atoms with E-state index in [0.29, 0.717) is 11.3 Å². The fourth-order valence-corrected chi connectivity index (χ4v) is 1.96. The maximum absolute atomic E-state index is 12.0. The molecule has 0 spiro atoms. The Kier molecular flexibility index (Phi) is 4.13. The standard InChI is InChI=1S/C12H12N6O3S/c1-6-4-3-5-8(18(20)21)9(6)14-15-10-7(2)16-17(11(10)19)12(13)22/h3-5,16H,1-2H3,(H2,13,22). The number of hydrogen-bond acceptors (Lipinski definition) is 6. The molecule has 0 unspecified atom stereocenters. The van der Waals surface area contributed by atoms with Crippen LogP contribution < -0.4 is 11.3 Å². The van der Waals surface area contributed by atoms with Gasteiger partial charge in [-0.3, -0.25) is 20.0 Å². The van der Waals surface area contributed by atoms with Crippen molar-refractivity contribution in [2.24, 2.45) is 16.0 Å². The van der Waals surface area contributed by atoms with Crippen LogP contribution in [0.2, 0.25) is 0 Å². The van der Waals surface area contributed by atoms with E-state index < -0.39 is 10.5 Å². The monoisotopic (exact) mass is 320 g/mol. The fraction of sp³-hybridized carbons (Fsp3) is 0.167. The molecule has 10 heteroatoms. The summed E-state index contributed by atoms with van der Waals surface area (Å²) in [5, 5.41) is 21.2. The number of nitrogens with one attached hydrogen (secondary N) is 1. The topological polar surface area (TPSA) is 132 Å². The number of nitro groups is 1. The molecule has 22 heavy (non-hydrogen) atoms. The van der Waals surface area contributed by atoms with Gasteiger partial charge < -0.3 is 5.73 Å². The number of azo groups is 1. The lowest BCUT2D eigenvalue weighted by Gasteiger charge is -1.99. The number of thiocarbonyl (C=S) groups is 1. The molecule has 2 aromatic rings. The van der Waals surface area contributed by atoms with Crippen LogP contribution in [0.1, 0.15) is 11.3 Å². The van der Waals surface area contributed by atoms with Crippen molar-refractivity contribution >= 4 is 34.4 Å². The van der Waals surface area contributed by atoms with Crippen molar-refractivity contribution in [1.29, 1.82) is 0 Å². The molecule has 9 nitrogen and oxygen atoms in total. The molecule has 1 aromatic carbocycles. The summed E-state index contributed by atoms with van der Waals surface area (Å²) in [5.74, 6) is 0. The van der Waals surface area contributed by atoms with Gasteiger partial charge in [0, 0.05) is 6.07 Å². The number of benzene rings is 1. The molecule has 1 heterocycles. The SMILES string of the molecule is Cc1cccc([N+](=O)[O-])c1N=Nc1c(C)[nH]n(C(N)=S)c1=O. The zero-order valence-electron chi connectivity index (χ0n) is 11.7. The maximum Gasteiger partial charge on any atom is 0.301 e. The first-order valence-corrected chi connectivity index (χ1v) is 6.51. The molecular weight excluding hydrogens is 308 g/mol. The lowest BCUT2D eigenvalue weighted by Crippen LogP contribution is -2.29. The van der Waals surface area contributed by atoms with Crippen molar-refractivity contribution in [3.8, 4) is 0 Å². The normalized spacial score (nSPS) is 11.0. The third kappa shape index (κ3) is 2.76. The first kappa shape index (κ1) is 15.5. The van der Waals surface area contributed by atoms with Crippen molar-refractivity contribution in [2.75, 3.05) is 0 Å². The van der Waals surface area contributed by atoms with Gasteiger partial charge in [0.1, 0.15) is 0 Å². The largest absolute Gasteiger partial charge is 0.374 e. The molecule has 0 fully saturated rings. The van der Waals surface area contributed by atoms with Crippen LogP contribution in [-0.2, 0) is 0 Å². The van der Waals surface area contributed by atoms with E-state index in [9.17, 15) is 14.9 Å². The van der Waals surface area contributed by atoms with Gasteiger partial charge in [-0.1, -0.05) is 12.1 Å². The van der Waals surface area contributed by atoms with Crippen LogP contribution in [0, 0.1) is 24.0 Å². The maximum atomic E-state index is 12.0. The van der Waals surface area contributed by atoms with Gasteiger partial charge in [0.05, 0.1) is 10.6 Å². The van der Waals surface area contributed by atoms with Gasteiger partial charge in [-0.2, -0.15) is 4.68 Å². The highest BCUT2D eigenvalue weighted by Crippen LogP contribution is 2.31. The number of aromatic nitrogens is 2. The van der Waals surface area contributed by atoms with Gasteiger partial charge >= 0.3 is 5.56 Å². The van der Waals surface area contributed by atoms with Crippen molar-refractivity contribution in [2.45, 2.75) is 13.8 Å². The summed E-state index contributed by atoms with van der Waals surface area (Å²) in [6, 6.07) is 4.53. The number of nitrogens with two attached hydrogens (primary N) is 1. The highest BCUT2D eigenvalue weighted by Gasteiger charge is 2.17. The molecule has 0 amide bonds. The minimum absolute atomic E-state index is 0.00893. The summed E-state index contributed by atoms with van der Waals surface area (Å²) in [6.45, 7) is 3.26. The van der Waals surface area contributed by atoms with E-state index in [4.69, 9.17) is 18.0 Å². The number of nitrogens with zero attached hydrogens (tertiary/aromatic N) is 4. The number of hydrogen-bond donors (Lipinski definition) is 2. The summed E-state index contributed by atoms with van der Waals surface area (Å²) < 4.78 is 0.950. The Bertz CT molecular complexity index is 851. The van der Waals surface area contributed by atoms with Crippen molar-refractivity contribution in [3.05, 3.63) is 49.9 Å². The lowest BCUT2D eigenvalue weighted by molar-refractivity contribution is -0.384. The molecule has 0 saturated heterocycles. The Morgan fingerprint density at radius 3 is 2.55 bits per heavy atom. The molecule has 0 saturated carbocycles. The Labute approximate surface area is 129 Å². The smallest absolute Gasteiger partial charge is 0.301 e. The highest BCUT2D eigenvalue weighted by molar-refractivity contribution is 7.80. The zero-order chi connectivity index (χ0) is 16.4. The van der Waals surface area contributed by atoms with Crippen LogP contribution in [0.25, 0.3) is 0 Å². The average Bonchev–Trinajstić information content (AvgIpc) is 2.73.